The van der Waals surface area contributed by atoms with E-state index in [2.05, 4.69) is 18.7 Å². The lowest BCUT2D eigenvalue weighted by Crippen LogP contribution is -2.46. The van der Waals surface area contributed by atoms with Gasteiger partial charge in [-0.05, 0) is 32.4 Å². The van der Waals surface area contributed by atoms with Crippen LogP contribution in [0.2, 0.25) is 0 Å². The Morgan fingerprint density at radius 2 is 2.36 bits per heavy atom. The largest absolute Gasteiger partial charge is 0.480 e. The van der Waals surface area contributed by atoms with Crippen LogP contribution in [-0.4, -0.2) is 46.1 Å². The van der Waals surface area contributed by atoms with Gasteiger partial charge in [-0.3, -0.25) is 9.69 Å². The van der Waals surface area contributed by atoms with E-state index < -0.39 is 5.97 Å². The highest BCUT2D eigenvalue weighted by Crippen LogP contribution is 2.22. The second-order valence-corrected chi connectivity index (χ2v) is 5.18. The molecular formula is C10H19NO2S. The van der Waals surface area contributed by atoms with Crippen LogP contribution in [0, 0.1) is 0 Å². The van der Waals surface area contributed by atoms with Crippen LogP contribution in [0.25, 0.3) is 0 Å². The Balaban J connectivity index is 2.51. The van der Waals surface area contributed by atoms with Gasteiger partial charge in [0.1, 0.15) is 0 Å². The van der Waals surface area contributed by atoms with E-state index in [1.165, 1.54) is 12.2 Å². The first kappa shape index (κ1) is 11.9. The number of hydrogen-bond acceptors (Lipinski definition) is 3. The quantitative estimate of drug-likeness (QED) is 0.778. The number of hydrogen-bond donors (Lipinski definition) is 1. The third kappa shape index (κ3) is 3.50. The van der Waals surface area contributed by atoms with E-state index in [1.54, 1.807) is 0 Å². The summed E-state index contributed by atoms with van der Waals surface area (Å²) < 4.78 is 0. The molecule has 0 bridgehead atoms. The summed E-state index contributed by atoms with van der Waals surface area (Å²) in [5.41, 5.74) is 0. The molecule has 1 rings (SSSR count). The summed E-state index contributed by atoms with van der Waals surface area (Å²) in [5.74, 6) is 1.61. The summed E-state index contributed by atoms with van der Waals surface area (Å²) in [5, 5.41) is 8.81. The third-order valence-electron chi connectivity index (χ3n) is 2.59. The highest BCUT2D eigenvalue weighted by Gasteiger charge is 2.24. The van der Waals surface area contributed by atoms with Crippen molar-refractivity contribution >= 4 is 17.7 Å². The molecule has 1 atom stereocenters. The molecule has 1 saturated heterocycles. The van der Waals surface area contributed by atoms with Crippen LogP contribution in [0.3, 0.4) is 0 Å². The summed E-state index contributed by atoms with van der Waals surface area (Å²) in [6.45, 7) is 4.33. The zero-order chi connectivity index (χ0) is 10.6. The van der Waals surface area contributed by atoms with Crippen molar-refractivity contribution in [2.75, 3.05) is 18.1 Å². The number of carboxylic acid groups (broad SMARTS) is 1. The van der Waals surface area contributed by atoms with E-state index in [9.17, 15) is 4.79 Å². The highest BCUT2D eigenvalue weighted by molar-refractivity contribution is 7.99. The van der Waals surface area contributed by atoms with Crippen LogP contribution in [-0.2, 0) is 4.79 Å². The summed E-state index contributed by atoms with van der Waals surface area (Å²) in [6.07, 6.45) is 2.37. The number of thioether (sulfide) groups is 1. The summed E-state index contributed by atoms with van der Waals surface area (Å²) in [4.78, 5) is 12.8. The van der Waals surface area contributed by atoms with Crippen LogP contribution in [0.4, 0.5) is 0 Å². The molecule has 0 aliphatic carbocycles. The fourth-order valence-corrected chi connectivity index (χ4v) is 3.04. The maximum absolute atomic E-state index is 10.7. The molecule has 0 spiro atoms. The number of aliphatic carboxylic acids is 1. The van der Waals surface area contributed by atoms with E-state index in [0.717, 1.165) is 12.2 Å². The highest BCUT2D eigenvalue weighted by atomic mass is 32.2. The van der Waals surface area contributed by atoms with E-state index in [4.69, 9.17) is 5.11 Å². The molecule has 82 valence electrons. The fourth-order valence-electron chi connectivity index (χ4n) is 1.87. The van der Waals surface area contributed by atoms with Gasteiger partial charge in [0.25, 0.3) is 0 Å². The number of nitrogens with zero attached hydrogens (tertiary/aromatic N) is 1. The smallest absolute Gasteiger partial charge is 0.317 e. The van der Waals surface area contributed by atoms with Crippen molar-refractivity contribution in [3.05, 3.63) is 0 Å². The Hall–Kier alpha value is -0.220. The molecule has 0 amide bonds. The molecule has 0 aromatic rings. The van der Waals surface area contributed by atoms with Gasteiger partial charge in [0.15, 0.2) is 0 Å². The van der Waals surface area contributed by atoms with Crippen molar-refractivity contribution in [2.45, 2.75) is 38.8 Å². The van der Waals surface area contributed by atoms with E-state index in [1.807, 2.05) is 11.8 Å². The van der Waals surface area contributed by atoms with Gasteiger partial charge >= 0.3 is 5.97 Å². The van der Waals surface area contributed by atoms with Crippen LogP contribution in [0.1, 0.15) is 26.7 Å². The molecule has 4 heteroatoms. The van der Waals surface area contributed by atoms with Crippen LogP contribution in [0.5, 0.6) is 0 Å². The average Bonchev–Trinajstić information content (AvgIpc) is 2.15. The first-order valence-corrected chi connectivity index (χ1v) is 6.32. The molecular weight excluding hydrogens is 198 g/mol. The van der Waals surface area contributed by atoms with E-state index in [0.29, 0.717) is 12.1 Å². The Kier molecular flexibility index (Phi) is 4.75. The SMILES string of the molecule is CC(C)N(CC(=O)O)C1CCCSC1. The Labute approximate surface area is 89.9 Å². The van der Waals surface area contributed by atoms with Gasteiger partial charge in [-0.1, -0.05) is 0 Å². The molecule has 1 heterocycles. The predicted octanol–water partition coefficient (Wildman–Crippen LogP) is 1.68. The fraction of sp³-hybridized carbons (Fsp3) is 0.900. The molecule has 0 radical (unpaired) electrons. The average molecular weight is 217 g/mol. The van der Waals surface area contributed by atoms with Crippen molar-refractivity contribution in [3.8, 4) is 0 Å². The minimum Gasteiger partial charge on any atom is -0.480 e. The molecule has 14 heavy (non-hydrogen) atoms. The molecule has 1 aliphatic rings. The standard InChI is InChI=1S/C10H19NO2S/c1-8(2)11(6-10(12)13)9-4-3-5-14-7-9/h8-9H,3-7H2,1-2H3,(H,12,13). The van der Waals surface area contributed by atoms with Crippen molar-refractivity contribution in [3.63, 3.8) is 0 Å². The van der Waals surface area contributed by atoms with Crippen molar-refractivity contribution < 1.29 is 9.90 Å². The Bertz CT molecular complexity index is 191. The lowest BCUT2D eigenvalue weighted by atomic mass is 10.1. The van der Waals surface area contributed by atoms with Crippen LogP contribution >= 0.6 is 11.8 Å². The topological polar surface area (TPSA) is 40.5 Å². The van der Waals surface area contributed by atoms with Gasteiger partial charge in [-0.2, -0.15) is 11.8 Å². The third-order valence-corrected chi connectivity index (χ3v) is 3.78. The number of rotatable bonds is 4. The van der Waals surface area contributed by atoms with Crippen molar-refractivity contribution in [1.82, 2.24) is 4.90 Å². The summed E-state index contributed by atoms with van der Waals surface area (Å²) in [6, 6.07) is 0.791. The van der Waals surface area contributed by atoms with Crippen LogP contribution < -0.4 is 0 Å². The maximum Gasteiger partial charge on any atom is 0.317 e. The molecule has 3 nitrogen and oxygen atoms in total. The van der Waals surface area contributed by atoms with Gasteiger partial charge in [0.2, 0.25) is 0 Å². The number of carboxylic acids is 1. The van der Waals surface area contributed by atoms with Crippen LogP contribution in [0.15, 0.2) is 0 Å². The van der Waals surface area contributed by atoms with E-state index >= 15 is 0 Å². The second-order valence-electron chi connectivity index (χ2n) is 4.03. The zero-order valence-corrected chi connectivity index (χ0v) is 9.72. The molecule has 1 fully saturated rings. The Morgan fingerprint density at radius 1 is 1.64 bits per heavy atom. The second kappa shape index (κ2) is 5.61. The first-order chi connectivity index (χ1) is 6.61. The molecule has 1 N–H and O–H groups in total. The van der Waals surface area contributed by atoms with Crippen molar-refractivity contribution in [2.24, 2.45) is 0 Å². The van der Waals surface area contributed by atoms with Gasteiger partial charge in [-0.15, -0.1) is 0 Å². The lowest BCUT2D eigenvalue weighted by molar-refractivity contribution is -0.139. The summed E-state index contributed by atoms with van der Waals surface area (Å²) >= 11 is 1.94. The zero-order valence-electron chi connectivity index (χ0n) is 8.90. The Morgan fingerprint density at radius 3 is 2.79 bits per heavy atom. The van der Waals surface area contributed by atoms with Gasteiger partial charge in [0.05, 0.1) is 6.54 Å². The summed E-state index contributed by atoms with van der Waals surface area (Å²) in [7, 11) is 0. The molecule has 0 saturated carbocycles. The molecule has 0 aromatic carbocycles. The minimum absolute atomic E-state index is 0.183. The van der Waals surface area contributed by atoms with Gasteiger partial charge in [0, 0.05) is 17.8 Å². The monoisotopic (exact) mass is 217 g/mol. The number of carbonyl (C=O) groups is 1. The normalized spacial score (nSPS) is 23.0. The lowest BCUT2D eigenvalue weighted by Gasteiger charge is -2.35. The maximum atomic E-state index is 10.7. The van der Waals surface area contributed by atoms with E-state index in [-0.39, 0.29) is 6.54 Å². The van der Waals surface area contributed by atoms with Gasteiger partial charge < -0.3 is 5.11 Å². The molecule has 1 unspecified atom stereocenters. The predicted molar refractivity (Wildman–Crippen MR) is 59.8 cm³/mol. The first-order valence-electron chi connectivity index (χ1n) is 5.16. The molecule has 0 aromatic heterocycles. The minimum atomic E-state index is -0.714. The van der Waals surface area contributed by atoms with Gasteiger partial charge in [-0.25, -0.2) is 0 Å². The van der Waals surface area contributed by atoms with Crippen molar-refractivity contribution in [1.29, 1.82) is 0 Å². The molecule has 1 aliphatic heterocycles.